The lowest BCUT2D eigenvalue weighted by atomic mass is 9.98. The van der Waals surface area contributed by atoms with E-state index in [2.05, 4.69) is 20.5 Å². The molecule has 0 spiro atoms. The molecule has 3 rings (SSSR count). The van der Waals surface area contributed by atoms with Crippen molar-refractivity contribution in [1.29, 1.82) is 0 Å². The molecule has 1 atom stereocenters. The molecule has 1 fully saturated rings. The molecule has 2 N–H and O–H groups in total. The molecule has 1 aromatic carbocycles. The normalized spacial score (nSPS) is 17.8. The summed E-state index contributed by atoms with van der Waals surface area (Å²) < 4.78 is 14.0. The van der Waals surface area contributed by atoms with Crippen LogP contribution in [0.2, 0.25) is 0 Å². The first-order chi connectivity index (χ1) is 13.0. The standard InChI is InChI=1S/C19H25FN4O2S/c1-2-4-17(25)21-10-13-5-3-8-24(11-13)12-18(26)23-19-22-15-7-6-14(20)9-16(15)27-19/h6-7,9,13H,2-5,8,10-12H2,1H3,(H,21,25)(H,22,23,26). The number of carbonyl (C=O) groups excluding carboxylic acids is 2. The van der Waals surface area contributed by atoms with Crippen molar-refractivity contribution in [1.82, 2.24) is 15.2 Å². The van der Waals surface area contributed by atoms with E-state index in [9.17, 15) is 14.0 Å². The summed E-state index contributed by atoms with van der Waals surface area (Å²) >= 11 is 1.27. The molecule has 2 amide bonds. The first-order valence-corrected chi connectivity index (χ1v) is 10.2. The molecule has 2 heterocycles. The van der Waals surface area contributed by atoms with Gasteiger partial charge in [0.15, 0.2) is 5.13 Å². The van der Waals surface area contributed by atoms with Gasteiger partial charge in [-0.25, -0.2) is 9.37 Å². The predicted octanol–water partition coefficient (Wildman–Crippen LogP) is 3.00. The second-order valence-corrected chi connectivity index (χ2v) is 8.01. The van der Waals surface area contributed by atoms with E-state index in [0.29, 0.717) is 40.8 Å². The van der Waals surface area contributed by atoms with Crippen LogP contribution in [0, 0.1) is 11.7 Å². The minimum atomic E-state index is -0.311. The van der Waals surface area contributed by atoms with E-state index >= 15 is 0 Å². The summed E-state index contributed by atoms with van der Waals surface area (Å²) in [6.45, 7) is 4.62. The summed E-state index contributed by atoms with van der Waals surface area (Å²) in [5.41, 5.74) is 0.678. The molecule has 8 heteroatoms. The summed E-state index contributed by atoms with van der Waals surface area (Å²) in [4.78, 5) is 30.4. The minimum absolute atomic E-state index is 0.0969. The highest BCUT2D eigenvalue weighted by Crippen LogP contribution is 2.26. The number of rotatable bonds is 7. The number of anilines is 1. The van der Waals surface area contributed by atoms with Gasteiger partial charge in [-0.1, -0.05) is 18.3 Å². The van der Waals surface area contributed by atoms with Crippen molar-refractivity contribution in [3.63, 3.8) is 0 Å². The van der Waals surface area contributed by atoms with Gasteiger partial charge in [-0.2, -0.15) is 0 Å². The number of carbonyl (C=O) groups is 2. The molecule has 0 bridgehead atoms. The molecule has 1 aliphatic rings. The third-order valence-electron chi connectivity index (χ3n) is 4.63. The summed E-state index contributed by atoms with van der Waals surface area (Å²) in [5, 5.41) is 6.28. The van der Waals surface area contributed by atoms with Crippen LogP contribution in [0.15, 0.2) is 18.2 Å². The molecule has 1 saturated heterocycles. The minimum Gasteiger partial charge on any atom is -0.356 e. The molecule has 0 radical (unpaired) electrons. The van der Waals surface area contributed by atoms with E-state index in [1.54, 1.807) is 6.07 Å². The SMILES string of the molecule is CCCC(=O)NCC1CCCN(CC(=O)Nc2nc3ccc(F)cc3s2)C1. The number of hydrogen-bond donors (Lipinski definition) is 2. The first kappa shape index (κ1) is 19.7. The van der Waals surface area contributed by atoms with Crippen molar-refractivity contribution in [3.8, 4) is 0 Å². The van der Waals surface area contributed by atoms with Crippen molar-refractivity contribution >= 4 is 38.5 Å². The fraction of sp³-hybridized carbons (Fsp3) is 0.526. The number of benzene rings is 1. The average Bonchev–Trinajstić information content (AvgIpc) is 3.01. The van der Waals surface area contributed by atoms with Gasteiger partial charge < -0.3 is 10.6 Å². The lowest BCUT2D eigenvalue weighted by molar-refractivity contribution is -0.121. The molecule has 0 saturated carbocycles. The first-order valence-electron chi connectivity index (χ1n) is 9.38. The summed E-state index contributed by atoms with van der Waals surface area (Å²) in [6, 6.07) is 4.39. The molecule has 2 aromatic rings. The van der Waals surface area contributed by atoms with Gasteiger partial charge in [0, 0.05) is 19.5 Å². The maximum Gasteiger partial charge on any atom is 0.240 e. The number of nitrogens with zero attached hydrogens (tertiary/aromatic N) is 2. The van der Waals surface area contributed by atoms with Crippen molar-refractivity contribution in [2.24, 2.45) is 5.92 Å². The van der Waals surface area contributed by atoms with Crippen LogP contribution in [0.25, 0.3) is 10.2 Å². The number of likely N-dealkylation sites (tertiary alicyclic amines) is 1. The number of fused-ring (bicyclic) bond motifs is 1. The van der Waals surface area contributed by atoms with Crippen molar-refractivity contribution in [2.45, 2.75) is 32.6 Å². The Hall–Kier alpha value is -2.06. The highest BCUT2D eigenvalue weighted by atomic mass is 32.1. The Labute approximate surface area is 162 Å². The van der Waals surface area contributed by atoms with Gasteiger partial charge in [0.25, 0.3) is 0 Å². The van der Waals surface area contributed by atoms with E-state index in [-0.39, 0.29) is 17.6 Å². The fourth-order valence-electron chi connectivity index (χ4n) is 3.35. The summed E-state index contributed by atoms with van der Waals surface area (Å²) in [5.74, 6) is 0.0389. The maximum atomic E-state index is 13.3. The zero-order valence-electron chi connectivity index (χ0n) is 15.5. The van der Waals surface area contributed by atoms with Gasteiger partial charge in [-0.05, 0) is 49.9 Å². The Morgan fingerprint density at radius 2 is 2.22 bits per heavy atom. The van der Waals surface area contributed by atoms with Crippen LogP contribution >= 0.6 is 11.3 Å². The van der Waals surface area contributed by atoms with E-state index in [0.717, 1.165) is 32.4 Å². The summed E-state index contributed by atoms with van der Waals surface area (Å²) in [7, 11) is 0. The van der Waals surface area contributed by atoms with E-state index in [1.165, 1.54) is 23.5 Å². The molecule has 1 unspecified atom stereocenters. The number of amides is 2. The molecular formula is C19H25FN4O2S. The number of thiazole rings is 1. The van der Waals surface area contributed by atoms with Crippen LogP contribution in [-0.4, -0.2) is 47.9 Å². The van der Waals surface area contributed by atoms with Crippen LogP contribution in [0.3, 0.4) is 0 Å². The van der Waals surface area contributed by atoms with Gasteiger partial charge in [0.2, 0.25) is 11.8 Å². The highest BCUT2D eigenvalue weighted by molar-refractivity contribution is 7.22. The second kappa shape index (κ2) is 9.23. The van der Waals surface area contributed by atoms with Gasteiger partial charge in [0.1, 0.15) is 5.82 Å². The Bertz CT molecular complexity index is 810. The molecule has 6 nitrogen and oxygen atoms in total. The second-order valence-electron chi connectivity index (χ2n) is 6.98. The Kier molecular flexibility index (Phi) is 6.73. The molecule has 0 aliphatic carbocycles. The Balaban J connectivity index is 1.48. The number of aromatic nitrogens is 1. The molecule has 146 valence electrons. The lowest BCUT2D eigenvalue weighted by Gasteiger charge is -2.32. The van der Waals surface area contributed by atoms with E-state index in [4.69, 9.17) is 0 Å². The number of nitrogens with one attached hydrogen (secondary N) is 2. The van der Waals surface area contributed by atoms with E-state index < -0.39 is 0 Å². The third-order valence-corrected chi connectivity index (χ3v) is 5.57. The van der Waals surface area contributed by atoms with Crippen LogP contribution in [-0.2, 0) is 9.59 Å². The molecule has 1 aromatic heterocycles. The van der Waals surface area contributed by atoms with Gasteiger partial charge in [0.05, 0.1) is 16.8 Å². The monoisotopic (exact) mass is 392 g/mol. The molecule has 27 heavy (non-hydrogen) atoms. The number of piperidine rings is 1. The van der Waals surface area contributed by atoms with Crippen LogP contribution < -0.4 is 10.6 Å². The largest absolute Gasteiger partial charge is 0.356 e. The smallest absolute Gasteiger partial charge is 0.240 e. The quantitative estimate of drug-likeness (QED) is 0.760. The third kappa shape index (κ3) is 5.71. The Morgan fingerprint density at radius 3 is 3.04 bits per heavy atom. The molecular weight excluding hydrogens is 367 g/mol. The zero-order valence-corrected chi connectivity index (χ0v) is 16.3. The highest BCUT2D eigenvalue weighted by Gasteiger charge is 2.22. The van der Waals surface area contributed by atoms with Crippen LogP contribution in [0.1, 0.15) is 32.6 Å². The molecule has 1 aliphatic heterocycles. The topological polar surface area (TPSA) is 74.3 Å². The number of halogens is 1. The average molecular weight is 393 g/mol. The van der Waals surface area contributed by atoms with Crippen molar-refractivity contribution < 1.29 is 14.0 Å². The van der Waals surface area contributed by atoms with Gasteiger partial charge in [-0.3, -0.25) is 14.5 Å². The summed E-state index contributed by atoms with van der Waals surface area (Å²) in [6.07, 6.45) is 3.49. The fourth-order valence-corrected chi connectivity index (χ4v) is 4.26. The maximum absolute atomic E-state index is 13.3. The van der Waals surface area contributed by atoms with Gasteiger partial charge in [-0.15, -0.1) is 0 Å². The van der Waals surface area contributed by atoms with Crippen molar-refractivity contribution in [3.05, 3.63) is 24.0 Å². The predicted molar refractivity (Wildman–Crippen MR) is 105 cm³/mol. The van der Waals surface area contributed by atoms with Gasteiger partial charge >= 0.3 is 0 Å². The Morgan fingerprint density at radius 1 is 1.37 bits per heavy atom. The zero-order chi connectivity index (χ0) is 19.2. The van der Waals surface area contributed by atoms with E-state index in [1.807, 2.05) is 6.92 Å². The lowest BCUT2D eigenvalue weighted by Crippen LogP contribution is -2.43. The number of hydrogen-bond acceptors (Lipinski definition) is 5. The van der Waals surface area contributed by atoms with Crippen LogP contribution in [0.5, 0.6) is 0 Å². The van der Waals surface area contributed by atoms with Crippen LogP contribution in [0.4, 0.5) is 9.52 Å². The van der Waals surface area contributed by atoms with Crippen molar-refractivity contribution in [2.75, 3.05) is 31.5 Å².